The first-order chi connectivity index (χ1) is 10.7. The number of hydrogen-bond donors (Lipinski definition) is 2. The molecule has 0 radical (unpaired) electrons. The highest BCUT2D eigenvalue weighted by Gasteiger charge is 2.19. The molecule has 0 saturated heterocycles. The largest absolute Gasteiger partial charge is 0.489 e. The molecule has 3 nitrogen and oxygen atoms in total. The minimum absolute atomic E-state index is 0.471. The second-order valence-electron chi connectivity index (χ2n) is 5.91. The van der Waals surface area contributed by atoms with Gasteiger partial charge in [-0.15, -0.1) is 0 Å². The molecule has 22 heavy (non-hydrogen) atoms. The second-order valence-corrected chi connectivity index (χ2v) is 5.91. The summed E-state index contributed by atoms with van der Waals surface area (Å²) >= 11 is 0. The van der Waals surface area contributed by atoms with E-state index in [0.717, 1.165) is 5.75 Å². The summed E-state index contributed by atoms with van der Waals surface area (Å²) in [6, 6.07) is 15.4. The lowest BCUT2D eigenvalue weighted by molar-refractivity contribution is 0.304. The van der Waals surface area contributed by atoms with Crippen molar-refractivity contribution >= 4 is 12.6 Å². The quantitative estimate of drug-likeness (QED) is 0.834. The topological polar surface area (TPSA) is 49.7 Å². The maximum absolute atomic E-state index is 9.09. The summed E-state index contributed by atoms with van der Waals surface area (Å²) < 4.78 is 5.86. The first-order valence-electron chi connectivity index (χ1n) is 7.91. The molecule has 2 aromatic carbocycles. The van der Waals surface area contributed by atoms with Gasteiger partial charge in [0.05, 0.1) is 0 Å². The van der Waals surface area contributed by atoms with Gasteiger partial charge < -0.3 is 14.8 Å². The van der Waals surface area contributed by atoms with Crippen LogP contribution in [0.5, 0.6) is 5.75 Å². The molecule has 0 aliphatic heterocycles. The molecule has 0 unspecified atom stereocenters. The van der Waals surface area contributed by atoms with Crippen LogP contribution in [0, 0.1) is 0 Å². The molecule has 0 heterocycles. The van der Waals surface area contributed by atoms with E-state index in [1.54, 1.807) is 24.3 Å². The predicted octanol–water partition coefficient (Wildman–Crippen LogP) is 2.60. The third-order valence-electron chi connectivity index (χ3n) is 4.42. The van der Waals surface area contributed by atoms with E-state index in [4.69, 9.17) is 14.8 Å². The summed E-state index contributed by atoms with van der Waals surface area (Å²) in [4.78, 5) is 0. The fourth-order valence-electron chi connectivity index (χ4n) is 3.20. The zero-order chi connectivity index (χ0) is 15.4. The van der Waals surface area contributed by atoms with Crippen LogP contribution in [0.25, 0.3) is 0 Å². The molecule has 4 heteroatoms. The molecule has 0 bridgehead atoms. The lowest BCUT2D eigenvalue weighted by Gasteiger charge is -2.16. The molecule has 3 rings (SSSR count). The van der Waals surface area contributed by atoms with Gasteiger partial charge in [-0.05, 0) is 47.5 Å². The summed E-state index contributed by atoms with van der Waals surface area (Å²) in [5, 5.41) is 18.2. The van der Waals surface area contributed by atoms with Crippen LogP contribution in [-0.2, 0) is 6.61 Å². The first kappa shape index (κ1) is 15.1. The first-order valence-corrected chi connectivity index (χ1v) is 7.91. The fourth-order valence-corrected chi connectivity index (χ4v) is 3.20. The summed E-state index contributed by atoms with van der Waals surface area (Å²) in [6.45, 7) is 0.549. The van der Waals surface area contributed by atoms with E-state index in [-0.39, 0.29) is 0 Å². The van der Waals surface area contributed by atoms with Gasteiger partial charge in [0.2, 0.25) is 0 Å². The van der Waals surface area contributed by atoms with Crippen molar-refractivity contribution in [2.24, 2.45) is 0 Å². The van der Waals surface area contributed by atoms with Gasteiger partial charge in [0.15, 0.2) is 0 Å². The average Bonchev–Trinajstić information content (AvgIpc) is 3.08. The Hall–Kier alpha value is -1.78. The predicted molar refractivity (Wildman–Crippen MR) is 88.3 cm³/mol. The molecular formula is C18H21BO3. The molecule has 1 aliphatic rings. The van der Waals surface area contributed by atoms with Gasteiger partial charge in [0, 0.05) is 0 Å². The minimum atomic E-state index is -1.43. The Morgan fingerprint density at radius 3 is 2.32 bits per heavy atom. The van der Waals surface area contributed by atoms with Gasteiger partial charge in [-0.3, -0.25) is 0 Å². The summed E-state index contributed by atoms with van der Waals surface area (Å²) in [5.74, 6) is 1.41. The molecule has 2 aromatic rings. The smallest absolute Gasteiger partial charge is 0.488 e. The van der Waals surface area contributed by atoms with Gasteiger partial charge >= 0.3 is 7.12 Å². The number of rotatable bonds is 5. The van der Waals surface area contributed by atoms with Crippen molar-refractivity contribution in [1.82, 2.24) is 0 Å². The Morgan fingerprint density at radius 1 is 0.955 bits per heavy atom. The van der Waals surface area contributed by atoms with Crippen molar-refractivity contribution in [3.05, 3.63) is 59.7 Å². The van der Waals surface area contributed by atoms with Gasteiger partial charge in [-0.25, -0.2) is 0 Å². The summed E-state index contributed by atoms with van der Waals surface area (Å²) in [5.41, 5.74) is 3.14. The van der Waals surface area contributed by atoms with Crippen LogP contribution in [0.4, 0.5) is 0 Å². The van der Waals surface area contributed by atoms with Crippen LogP contribution < -0.4 is 10.2 Å². The minimum Gasteiger partial charge on any atom is -0.489 e. The van der Waals surface area contributed by atoms with E-state index >= 15 is 0 Å². The van der Waals surface area contributed by atoms with Crippen molar-refractivity contribution in [3.8, 4) is 5.75 Å². The van der Waals surface area contributed by atoms with Gasteiger partial charge in [-0.1, -0.05) is 49.2 Å². The zero-order valence-electron chi connectivity index (χ0n) is 12.6. The van der Waals surface area contributed by atoms with Gasteiger partial charge in [0.1, 0.15) is 12.4 Å². The van der Waals surface area contributed by atoms with Crippen molar-refractivity contribution in [2.75, 3.05) is 0 Å². The number of hydrogen-bond acceptors (Lipinski definition) is 3. The molecule has 0 atom stereocenters. The van der Waals surface area contributed by atoms with E-state index < -0.39 is 7.12 Å². The molecular weight excluding hydrogens is 275 g/mol. The molecule has 0 amide bonds. The molecule has 0 aromatic heterocycles. The maximum Gasteiger partial charge on any atom is 0.488 e. The lowest BCUT2D eigenvalue weighted by Crippen LogP contribution is -2.29. The normalized spacial score (nSPS) is 15.0. The molecule has 1 fully saturated rings. The SMILES string of the molecule is OB(O)c1ccc(OCc2ccccc2C2CCCC2)cc1. The molecule has 1 saturated carbocycles. The monoisotopic (exact) mass is 296 g/mol. The van der Waals surface area contributed by atoms with Crippen LogP contribution >= 0.6 is 0 Å². The highest BCUT2D eigenvalue weighted by Crippen LogP contribution is 2.35. The Kier molecular flexibility index (Phi) is 4.81. The van der Waals surface area contributed by atoms with E-state index in [0.29, 0.717) is 18.0 Å². The van der Waals surface area contributed by atoms with E-state index in [1.807, 2.05) is 0 Å². The molecule has 2 N–H and O–H groups in total. The summed E-state index contributed by atoms with van der Waals surface area (Å²) in [7, 11) is -1.43. The van der Waals surface area contributed by atoms with E-state index in [2.05, 4.69) is 24.3 Å². The van der Waals surface area contributed by atoms with Crippen LogP contribution in [0.15, 0.2) is 48.5 Å². The highest BCUT2D eigenvalue weighted by atomic mass is 16.5. The second kappa shape index (κ2) is 6.99. The van der Waals surface area contributed by atoms with Crippen molar-refractivity contribution in [3.63, 3.8) is 0 Å². The van der Waals surface area contributed by atoms with Crippen LogP contribution in [0.2, 0.25) is 0 Å². The van der Waals surface area contributed by atoms with Crippen LogP contribution in [0.1, 0.15) is 42.7 Å². The van der Waals surface area contributed by atoms with Crippen LogP contribution in [-0.4, -0.2) is 17.2 Å². The molecule has 0 spiro atoms. The third-order valence-corrected chi connectivity index (χ3v) is 4.42. The van der Waals surface area contributed by atoms with Crippen molar-refractivity contribution in [1.29, 1.82) is 0 Å². The third kappa shape index (κ3) is 3.51. The number of benzene rings is 2. The zero-order valence-corrected chi connectivity index (χ0v) is 12.6. The van der Waals surface area contributed by atoms with Crippen molar-refractivity contribution < 1.29 is 14.8 Å². The Labute approximate surface area is 131 Å². The van der Waals surface area contributed by atoms with Crippen molar-refractivity contribution in [2.45, 2.75) is 38.2 Å². The molecule has 114 valence electrons. The summed E-state index contributed by atoms with van der Waals surface area (Å²) in [6.07, 6.45) is 5.20. The Bertz CT molecular complexity index is 604. The van der Waals surface area contributed by atoms with E-state index in [1.165, 1.54) is 36.8 Å². The number of ether oxygens (including phenoxy) is 1. The van der Waals surface area contributed by atoms with Gasteiger partial charge in [-0.2, -0.15) is 0 Å². The standard InChI is InChI=1S/C18H21BO3/c20-19(21)16-9-11-17(12-10-16)22-13-15-7-3-4-8-18(15)14-5-1-2-6-14/h3-4,7-12,14,20-21H,1-2,5-6,13H2. The fraction of sp³-hybridized carbons (Fsp3) is 0.333. The Morgan fingerprint density at radius 2 is 1.64 bits per heavy atom. The lowest BCUT2D eigenvalue weighted by atomic mass is 9.80. The highest BCUT2D eigenvalue weighted by molar-refractivity contribution is 6.58. The van der Waals surface area contributed by atoms with Crippen LogP contribution in [0.3, 0.4) is 0 Å². The molecule has 1 aliphatic carbocycles. The van der Waals surface area contributed by atoms with E-state index in [9.17, 15) is 0 Å². The maximum atomic E-state index is 9.09. The average molecular weight is 296 g/mol. The van der Waals surface area contributed by atoms with Gasteiger partial charge in [0.25, 0.3) is 0 Å². The Balaban J connectivity index is 1.68.